The van der Waals surface area contributed by atoms with Gasteiger partial charge in [0.25, 0.3) is 0 Å². The Balaban J connectivity index is 1.81. The second kappa shape index (κ2) is 4.41. The maximum absolute atomic E-state index is 12.4. The predicted octanol–water partition coefficient (Wildman–Crippen LogP) is 4.01. The second-order valence-corrected chi connectivity index (χ2v) is 7.81. The molecule has 0 aromatic heterocycles. The summed E-state index contributed by atoms with van der Waals surface area (Å²) in [4.78, 5) is 24.1. The highest BCUT2D eigenvalue weighted by atomic mass is 16.1. The van der Waals surface area contributed by atoms with Crippen molar-refractivity contribution < 1.29 is 9.59 Å². The number of hydrogen-bond acceptors (Lipinski definition) is 2. The van der Waals surface area contributed by atoms with Crippen LogP contribution in [-0.2, 0) is 9.59 Å². The van der Waals surface area contributed by atoms with Crippen molar-refractivity contribution in [2.45, 2.75) is 58.8 Å². The van der Waals surface area contributed by atoms with Crippen molar-refractivity contribution in [3.63, 3.8) is 0 Å². The fourth-order valence-corrected chi connectivity index (χ4v) is 5.84. The number of fused-ring (bicyclic) bond motifs is 4. The zero-order chi connectivity index (χ0) is 14.8. The lowest BCUT2D eigenvalue weighted by molar-refractivity contribution is -0.128. The number of allylic oxidation sites excluding steroid dienone is 4. The lowest BCUT2D eigenvalue weighted by Gasteiger charge is -2.49. The summed E-state index contributed by atoms with van der Waals surface area (Å²) < 4.78 is 0. The summed E-state index contributed by atoms with van der Waals surface area (Å²) in [6.45, 7) is 4.53. The minimum absolute atomic E-state index is 0.0696. The molecule has 0 aliphatic heterocycles. The number of Topliss-reactive ketones (excluding diaryl/α,β-unsaturated/α-hetero) is 1. The van der Waals surface area contributed by atoms with Gasteiger partial charge in [0.05, 0.1) is 0 Å². The Morgan fingerprint density at radius 2 is 1.90 bits per heavy atom. The van der Waals surface area contributed by atoms with Gasteiger partial charge in [-0.3, -0.25) is 9.59 Å². The molecule has 4 rings (SSSR count). The summed E-state index contributed by atoms with van der Waals surface area (Å²) in [5.41, 5.74) is 4.37. The van der Waals surface area contributed by atoms with Crippen LogP contribution in [0.1, 0.15) is 58.8 Å². The standard InChI is InChI=1S/C19H24O2/c1-11-10-19(2)16(7-8-17(19)21)15-5-3-12-9-13(20)4-6-14(12)18(11)15/h9,11,15-16H,3-8,10H2,1-2H3/t11-,15-,16-,19-/m0/s1. The van der Waals surface area contributed by atoms with Crippen molar-refractivity contribution in [3.05, 3.63) is 22.8 Å². The molecule has 4 aliphatic rings. The van der Waals surface area contributed by atoms with E-state index in [2.05, 4.69) is 13.8 Å². The summed E-state index contributed by atoms with van der Waals surface area (Å²) in [7, 11) is 0. The zero-order valence-corrected chi connectivity index (χ0v) is 13.1. The Morgan fingerprint density at radius 3 is 2.71 bits per heavy atom. The minimum atomic E-state index is -0.0696. The summed E-state index contributed by atoms with van der Waals surface area (Å²) in [6.07, 6.45) is 8.62. The first kappa shape index (κ1) is 13.5. The molecule has 112 valence electrons. The normalized spacial score (nSPS) is 42.4. The molecule has 0 aromatic carbocycles. The van der Waals surface area contributed by atoms with Crippen molar-refractivity contribution in [2.75, 3.05) is 0 Å². The van der Waals surface area contributed by atoms with Gasteiger partial charge in [0.15, 0.2) is 5.78 Å². The molecule has 2 nitrogen and oxygen atoms in total. The van der Waals surface area contributed by atoms with E-state index < -0.39 is 0 Å². The molecule has 0 aromatic rings. The topological polar surface area (TPSA) is 34.1 Å². The highest BCUT2D eigenvalue weighted by Crippen LogP contribution is 2.60. The number of hydrogen-bond donors (Lipinski definition) is 0. The molecule has 0 amide bonds. The Kier molecular flexibility index (Phi) is 2.83. The largest absolute Gasteiger partial charge is 0.299 e. The molecule has 0 unspecified atom stereocenters. The van der Waals surface area contributed by atoms with Crippen LogP contribution in [0.2, 0.25) is 0 Å². The van der Waals surface area contributed by atoms with Gasteiger partial charge in [-0.05, 0) is 67.1 Å². The van der Waals surface area contributed by atoms with Crippen LogP contribution in [0, 0.1) is 23.2 Å². The van der Waals surface area contributed by atoms with E-state index in [4.69, 9.17) is 0 Å². The van der Waals surface area contributed by atoms with Crippen LogP contribution in [0.3, 0.4) is 0 Å². The molecular formula is C19H24O2. The van der Waals surface area contributed by atoms with Crippen molar-refractivity contribution in [1.29, 1.82) is 0 Å². The van der Waals surface area contributed by atoms with Gasteiger partial charge in [-0.2, -0.15) is 0 Å². The van der Waals surface area contributed by atoms with Crippen molar-refractivity contribution in [3.8, 4) is 0 Å². The molecule has 0 saturated heterocycles. The maximum atomic E-state index is 12.4. The third-order valence-corrected chi connectivity index (χ3v) is 6.70. The molecule has 21 heavy (non-hydrogen) atoms. The molecular weight excluding hydrogens is 260 g/mol. The SMILES string of the molecule is C[C@H]1C[C@]2(C)C(=O)CC[C@H]2[C@@H]2CCC3=CC(=O)CCC3=C21. The van der Waals surface area contributed by atoms with Crippen LogP contribution in [0.25, 0.3) is 0 Å². The summed E-state index contributed by atoms with van der Waals surface area (Å²) in [5, 5.41) is 0. The van der Waals surface area contributed by atoms with E-state index in [0.717, 1.165) is 38.5 Å². The van der Waals surface area contributed by atoms with E-state index in [1.165, 1.54) is 11.1 Å². The molecule has 2 heteroatoms. The third kappa shape index (κ3) is 1.77. The fraction of sp³-hybridized carbons (Fsp3) is 0.684. The number of rotatable bonds is 0. The Labute approximate surface area is 126 Å². The second-order valence-electron chi connectivity index (χ2n) is 7.81. The lowest BCUT2D eigenvalue weighted by Crippen LogP contribution is -2.43. The van der Waals surface area contributed by atoms with Crippen LogP contribution in [0.4, 0.5) is 0 Å². The number of carbonyl (C=O) groups excluding carboxylic acids is 2. The quantitative estimate of drug-likeness (QED) is 0.673. The zero-order valence-electron chi connectivity index (χ0n) is 13.1. The first-order valence-corrected chi connectivity index (χ1v) is 8.50. The number of ketones is 2. The van der Waals surface area contributed by atoms with Crippen molar-refractivity contribution in [2.24, 2.45) is 23.2 Å². The van der Waals surface area contributed by atoms with Gasteiger partial charge in [-0.25, -0.2) is 0 Å². The molecule has 2 fully saturated rings. The van der Waals surface area contributed by atoms with Gasteiger partial charge in [0.1, 0.15) is 5.78 Å². The van der Waals surface area contributed by atoms with E-state index in [1.807, 2.05) is 6.08 Å². The summed E-state index contributed by atoms with van der Waals surface area (Å²) >= 11 is 0. The Bertz CT molecular complexity index is 595. The van der Waals surface area contributed by atoms with Crippen LogP contribution >= 0.6 is 0 Å². The fourth-order valence-electron chi connectivity index (χ4n) is 5.84. The molecule has 0 spiro atoms. The molecule has 0 radical (unpaired) electrons. The predicted molar refractivity (Wildman–Crippen MR) is 81.7 cm³/mol. The van der Waals surface area contributed by atoms with E-state index in [1.54, 1.807) is 5.57 Å². The van der Waals surface area contributed by atoms with Gasteiger partial charge in [-0.1, -0.05) is 19.4 Å². The Hall–Kier alpha value is -1.18. The summed E-state index contributed by atoms with van der Waals surface area (Å²) in [6, 6.07) is 0. The van der Waals surface area contributed by atoms with Gasteiger partial charge in [0, 0.05) is 18.3 Å². The molecule has 4 aliphatic carbocycles. The van der Waals surface area contributed by atoms with E-state index in [0.29, 0.717) is 35.7 Å². The highest BCUT2D eigenvalue weighted by Gasteiger charge is 2.55. The van der Waals surface area contributed by atoms with E-state index in [-0.39, 0.29) is 5.41 Å². The number of carbonyl (C=O) groups is 2. The maximum Gasteiger partial charge on any atom is 0.156 e. The van der Waals surface area contributed by atoms with Crippen molar-refractivity contribution >= 4 is 11.6 Å². The average Bonchev–Trinajstić information content (AvgIpc) is 2.74. The molecule has 2 saturated carbocycles. The first-order chi connectivity index (χ1) is 10.0. The highest BCUT2D eigenvalue weighted by molar-refractivity contribution is 5.93. The van der Waals surface area contributed by atoms with Crippen LogP contribution in [0.15, 0.2) is 22.8 Å². The van der Waals surface area contributed by atoms with Gasteiger partial charge in [-0.15, -0.1) is 0 Å². The Morgan fingerprint density at radius 1 is 1.10 bits per heavy atom. The third-order valence-electron chi connectivity index (χ3n) is 6.70. The van der Waals surface area contributed by atoms with Crippen LogP contribution in [-0.4, -0.2) is 11.6 Å². The van der Waals surface area contributed by atoms with E-state index >= 15 is 0 Å². The van der Waals surface area contributed by atoms with Gasteiger partial charge >= 0.3 is 0 Å². The van der Waals surface area contributed by atoms with Gasteiger partial charge in [0.2, 0.25) is 0 Å². The van der Waals surface area contributed by atoms with E-state index in [9.17, 15) is 9.59 Å². The van der Waals surface area contributed by atoms with Crippen LogP contribution in [0.5, 0.6) is 0 Å². The molecule has 4 atom stereocenters. The minimum Gasteiger partial charge on any atom is -0.299 e. The molecule has 0 N–H and O–H groups in total. The van der Waals surface area contributed by atoms with Gasteiger partial charge < -0.3 is 0 Å². The average molecular weight is 284 g/mol. The van der Waals surface area contributed by atoms with Crippen molar-refractivity contribution in [1.82, 2.24) is 0 Å². The van der Waals surface area contributed by atoms with Crippen LogP contribution < -0.4 is 0 Å². The smallest absolute Gasteiger partial charge is 0.156 e. The summed E-state index contributed by atoms with van der Waals surface area (Å²) in [5.74, 6) is 2.47. The monoisotopic (exact) mass is 284 g/mol. The first-order valence-electron chi connectivity index (χ1n) is 8.50. The molecule has 0 heterocycles. The molecule has 0 bridgehead atoms. The lowest BCUT2D eigenvalue weighted by atomic mass is 9.54.